The smallest absolute Gasteiger partial charge is 0.303 e. The number of benzene rings is 1. The Morgan fingerprint density at radius 3 is 1.88 bits per heavy atom. The first-order valence-electron chi connectivity index (χ1n) is 24.8. The van der Waals surface area contributed by atoms with Gasteiger partial charge in [0.2, 0.25) is 29.7 Å². The fraction of sp³-hybridized carbons (Fsp3) is 0.625. The van der Waals surface area contributed by atoms with Crippen molar-refractivity contribution in [3.63, 3.8) is 0 Å². The second-order valence-electron chi connectivity index (χ2n) is 18.5. The molecule has 3 aromatic heterocycles. The largest absolute Gasteiger partial charge is 0.508 e. The fourth-order valence-corrected chi connectivity index (χ4v) is 8.36. The van der Waals surface area contributed by atoms with Crippen LogP contribution in [0, 0.1) is 24.2 Å². The second kappa shape index (κ2) is 27.3. The molecule has 0 bridgehead atoms. The molecule has 0 radical (unpaired) electrons. The van der Waals surface area contributed by atoms with Crippen LogP contribution in [0.15, 0.2) is 36.7 Å². The number of aromatic nitrogens is 9. The van der Waals surface area contributed by atoms with Crippen molar-refractivity contribution in [2.75, 3.05) is 114 Å². The molecule has 2 saturated heterocycles. The number of carbonyl (C=O) groups excluding carboxylic acids is 2. The number of aromatic hydroxyl groups is 1. The molecule has 24 heteroatoms. The van der Waals surface area contributed by atoms with E-state index >= 15 is 0 Å². The van der Waals surface area contributed by atoms with E-state index in [1.165, 1.54) is 4.68 Å². The molecular formula is C48H72N16O8. The molecule has 2 aliphatic heterocycles. The number of nitrogens with two attached hydrogens (primary N) is 2. The van der Waals surface area contributed by atoms with E-state index in [2.05, 4.69) is 45.7 Å². The zero-order valence-corrected chi connectivity index (χ0v) is 42.0. The number of carboxylic acids is 1. The molecule has 0 saturated carbocycles. The van der Waals surface area contributed by atoms with Crippen molar-refractivity contribution in [3.05, 3.63) is 53.6 Å². The minimum Gasteiger partial charge on any atom is -0.508 e. The first kappa shape index (κ1) is 54.8. The molecule has 5 atom stereocenters. The Hall–Kier alpha value is -6.52. The summed E-state index contributed by atoms with van der Waals surface area (Å²) in [6.07, 6.45) is 10.3. The van der Waals surface area contributed by atoms with E-state index < -0.39 is 18.1 Å². The topological polar surface area (TPSA) is 296 Å². The summed E-state index contributed by atoms with van der Waals surface area (Å²) in [4.78, 5) is 62.4. The summed E-state index contributed by atoms with van der Waals surface area (Å²) >= 11 is 0. The minimum atomic E-state index is -1.02. The number of amides is 2. The lowest BCUT2D eigenvalue weighted by Gasteiger charge is -2.38. The maximum absolute atomic E-state index is 14.5. The summed E-state index contributed by atoms with van der Waals surface area (Å²) in [7, 11) is 0. The maximum Gasteiger partial charge on any atom is 0.303 e. The molecule has 6 rings (SSSR count). The van der Waals surface area contributed by atoms with Crippen LogP contribution in [0.3, 0.4) is 0 Å². The highest BCUT2D eigenvalue weighted by Crippen LogP contribution is 2.27. The molecule has 5 heterocycles. The van der Waals surface area contributed by atoms with Crippen molar-refractivity contribution in [3.8, 4) is 18.1 Å². The molecular weight excluding hydrogens is 929 g/mol. The van der Waals surface area contributed by atoms with Crippen LogP contribution in [-0.2, 0) is 35.0 Å². The summed E-state index contributed by atoms with van der Waals surface area (Å²) in [5.74, 6) is 2.77. The molecule has 2 fully saturated rings. The van der Waals surface area contributed by atoms with Crippen molar-refractivity contribution < 1.29 is 38.8 Å². The van der Waals surface area contributed by atoms with Gasteiger partial charge in [-0.1, -0.05) is 62.6 Å². The van der Waals surface area contributed by atoms with Crippen molar-refractivity contribution >= 4 is 35.6 Å². The number of phenolic OH excluding ortho intramolecular Hbond substituents is 1. The number of nitrogens with zero attached hydrogens (tertiary/aromatic N) is 13. The number of carbonyl (C=O) groups is 3. The lowest BCUT2D eigenvalue weighted by molar-refractivity contribution is -0.139. The van der Waals surface area contributed by atoms with Gasteiger partial charge in [0, 0.05) is 71.7 Å². The van der Waals surface area contributed by atoms with E-state index in [1.807, 2.05) is 28.5 Å². The molecule has 7 N–H and O–H groups in total. The Morgan fingerprint density at radius 1 is 0.764 bits per heavy atom. The number of hydrogen-bond donors (Lipinski definition) is 5. The van der Waals surface area contributed by atoms with Crippen LogP contribution < -0.4 is 26.6 Å². The number of piperazine rings is 2. The van der Waals surface area contributed by atoms with Crippen LogP contribution in [0.5, 0.6) is 5.75 Å². The standard InChI is InChI=1S/C48H72N16O8/c1-6-23-70-25-27-72-28-26-71-24-14-51-46-52-47(61-19-15-59(16-20-61)44(68)40(12-13-42(66)67)63-32-39(56-58-63)43(50)34(5)7-2)54-48(53-46)62-21-17-60(18-22-62)45(69)41(30-35-8-10-36(65)11-9-35)64-31-38(55-57-64)37(49)29-33(3)4/h1,8-11,31-34,37,40-41,43,65H,7,12-30,49-50H2,2-5H3,(H,66,67)(H,51,52,53,54)/t34-,37?,40+,41+,43?/m1/s1. The number of rotatable bonds is 28. The number of carboxylic acid groups (broad SMARTS) is 1. The van der Waals surface area contributed by atoms with Gasteiger partial charge in [-0.25, -0.2) is 9.36 Å². The third kappa shape index (κ3) is 15.7. The van der Waals surface area contributed by atoms with Crippen LogP contribution in [0.1, 0.15) is 94.5 Å². The molecule has 4 aromatic rings. The number of aliphatic carboxylic acids is 1. The Kier molecular flexibility index (Phi) is 20.8. The Bertz CT molecular complexity index is 2360. The van der Waals surface area contributed by atoms with E-state index in [4.69, 9.17) is 47.1 Å². The Balaban J connectivity index is 1.14. The summed E-state index contributed by atoms with van der Waals surface area (Å²) in [6.45, 7) is 13.7. The third-order valence-corrected chi connectivity index (χ3v) is 12.8. The van der Waals surface area contributed by atoms with Crippen LogP contribution in [0.2, 0.25) is 0 Å². The van der Waals surface area contributed by atoms with E-state index in [-0.39, 0.29) is 55.0 Å². The molecule has 1 aromatic carbocycles. The minimum absolute atomic E-state index is 0.0346. The molecule has 2 aliphatic rings. The first-order chi connectivity index (χ1) is 34.7. The number of anilines is 3. The SMILES string of the molecule is C#CCOCCOCCOCCNc1nc(N2CCN(C(=O)[C@H](Cc3ccc(O)cc3)n3cc(C(N)CC(C)C)nn3)CC2)nc(N2CCN(C(=O)[C@H](CCC(=O)O)n3cc(C(N)[C@H](C)CC)nn3)CC2)n1. The summed E-state index contributed by atoms with van der Waals surface area (Å²) in [6, 6.07) is 4.47. The van der Waals surface area contributed by atoms with Crippen LogP contribution in [0.25, 0.3) is 0 Å². The van der Waals surface area contributed by atoms with Crippen molar-refractivity contribution in [1.82, 2.24) is 54.7 Å². The third-order valence-electron chi connectivity index (χ3n) is 12.8. The molecule has 2 amide bonds. The molecule has 2 unspecified atom stereocenters. The van der Waals surface area contributed by atoms with E-state index in [0.717, 1.165) is 18.4 Å². The van der Waals surface area contributed by atoms with Crippen LogP contribution in [0.4, 0.5) is 17.8 Å². The average molecular weight is 1000 g/mol. The highest BCUT2D eigenvalue weighted by molar-refractivity contribution is 5.82. The van der Waals surface area contributed by atoms with Gasteiger partial charge in [-0.15, -0.1) is 16.6 Å². The fourth-order valence-electron chi connectivity index (χ4n) is 8.36. The van der Waals surface area contributed by atoms with Gasteiger partial charge in [-0.2, -0.15) is 15.0 Å². The number of nitrogens with one attached hydrogen (secondary N) is 1. The normalized spacial score (nSPS) is 16.3. The van der Waals surface area contributed by atoms with Gasteiger partial charge in [0.1, 0.15) is 24.4 Å². The zero-order valence-electron chi connectivity index (χ0n) is 42.0. The second-order valence-corrected chi connectivity index (χ2v) is 18.5. The number of phenols is 1. The highest BCUT2D eigenvalue weighted by Gasteiger charge is 2.34. The van der Waals surface area contributed by atoms with Crippen LogP contribution in [-0.4, -0.2) is 181 Å². The highest BCUT2D eigenvalue weighted by atomic mass is 16.5. The monoisotopic (exact) mass is 1000 g/mol. The summed E-state index contributed by atoms with van der Waals surface area (Å²) in [5.41, 5.74) is 14.9. The van der Waals surface area contributed by atoms with Crippen molar-refractivity contribution in [2.24, 2.45) is 23.3 Å². The molecule has 24 nitrogen and oxygen atoms in total. The molecule has 0 spiro atoms. The lowest BCUT2D eigenvalue weighted by atomic mass is 9.98. The maximum atomic E-state index is 14.5. The van der Waals surface area contributed by atoms with Gasteiger partial charge >= 0.3 is 5.97 Å². The number of hydrogen-bond acceptors (Lipinski definition) is 19. The number of terminal acetylenes is 1. The molecule has 72 heavy (non-hydrogen) atoms. The molecule has 0 aliphatic carbocycles. The van der Waals surface area contributed by atoms with Gasteiger partial charge in [0.05, 0.1) is 68.9 Å². The predicted octanol–water partition coefficient (Wildman–Crippen LogP) is 1.83. The van der Waals surface area contributed by atoms with Crippen molar-refractivity contribution in [1.29, 1.82) is 0 Å². The van der Waals surface area contributed by atoms with Gasteiger partial charge in [0.25, 0.3) is 0 Å². The Labute approximate surface area is 420 Å². The van der Waals surface area contributed by atoms with E-state index in [0.29, 0.717) is 134 Å². The summed E-state index contributed by atoms with van der Waals surface area (Å²) < 4.78 is 19.6. The lowest BCUT2D eigenvalue weighted by Crippen LogP contribution is -2.52. The van der Waals surface area contributed by atoms with E-state index in [1.54, 1.807) is 46.2 Å². The zero-order chi connectivity index (χ0) is 51.6. The first-order valence-corrected chi connectivity index (χ1v) is 24.8. The predicted molar refractivity (Wildman–Crippen MR) is 267 cm³/mol. The van der Waals surface area contributed by atoms with E-state index in [9.17, 15) is 24.6 Å². The van der Waals surface area contributed by atoms with Crippen molar-refractivity contribution in [2.45, 2.75) is 84.0 Å². The Morgan fingerprint density at radius 2 is 1.31 bits per heavy atom. The van der Waals surface area contributed by atoms with Gasteiger partial charge in [-0.3, -0.25) is 14.4 Å². The van der Waals surface area contributed by atoms with Gasteiger partial charge < -0.3 is 60.8 Å². The molecule has 392 valence electrons. The van der Waals surface area contributed by atoms with Gasteiger partial charge in [0.15, 0.2) is 0 Å². The summed E-state index contributed by atoms with van der Waals surface area (Å²) in [5, 5.41) is 40.0. The average Bonchev–Trinajstić information content (AvgIpc) is 4.09. The quantitative estimate of drug-likeness (QED) is 0.0401. The van der Waals surface area contributed by atoms with Crippen LogP contribution >= 0.6 is 0 Å². The number of ether oxygens (including phenoxy) is 3. The van der Waals surface area contributed by atoms with Gasteiger partial charge in [-0.05, 0) is 42.4 Å².